The van der Waals surface area contributed by atoms with Gasteiger partial charge in [-0.3, -0.25) is 0 Å². The monoisotopic (exact) mass is 357 g/mol. The van der Waals surface area contributed by atoms with E-state index in [1.807, 2.05) is 13.1 Å². The zero-order valence-corrected chi connectivity index (χ0v) is 12.8. The molecule has 0 radical (unpaired) electrons. The number of halogens is 2. The van der Waals surface area contributed by atoms with Gasteiger partial charge in [0.2, 0.25) is 0 Å². The van der Waals surface area contributed by atoms with Crippen molar-refractivity contribution in [2.45, 2.75) is 13.0 Å². The maximum Gasteiger partial charge on any atom is 0.139 e. The Morgan fingerprint density at radius 2 is 1.94 bits per heavy atom. The Kier molecular flexibility index (Phi) is 4.07. The van der Waals surface area contributed by atoms with Crippen LogP contribution in [0.5, 0.6) is 0 Å². The van der Waals surface area contributed by atoms with Crippen molar-refractivity contribution in [1.29, 1.82) is 0 Å². The van der Waals surface area contributed by atoms with E-state index in [2.05, 4.69) is 62.3 Å². The van der Waals surface area contributed by atoms with E-state index >= 15 is 0 Å². The molecule has 1 unspecified atom stereocenters. The number of rotatable bonds is 3. The van der Waals surface area contributed by atoms with E-state index in [-0.39, 0.29) is 6.04 Å². The predicted molar refractivity (Wildman–Crippen MR) is 76.2 cm³/mol. The molecular weight excluding hydrogens is 346 g/mol. The second-order valence-electron chi connectivity index (χ2n) is 3.88. The number of benzene rings is 1. The molecule has 0 spiro atoms. The third-order valence-corrected chi connectivity index (χ3v) is 4.04. The highest BCUT2D eigenvalue weighted by atomic mass is 79.9. The smallest absolute Gasteiger partial charge is 0.139 e. The Morgan fingerprint density at radius 3 is 2.53 bits per heavy atom. The van der Waals surface area contributed by atoms with Gasteiger partial charge >= 0.3 is 0 Å². The molecule has 2 aromatic rings. The van der Waals surface area contributed by atoms with E-state index in [9.17, 15) is 0 Å². The van der Waals surface area contributed by atoms with Gasteiger partial charge in [0.25, 0.3) is 0 Å². The Labute approximate surface area is 118 Å². The minimum Gasteiger partial charge on any atom is -0.466 e. The molecule has 0 saturated heterocycles. The molecule has 1 aromatic carbocycles. The zero-order valence-electron chi connectivity index (χ0n) is 9.63. The average molecular weight is 359 g/mol. The molecule has 0 aliphatic heterocycles. The molecule has 0 bridgehead atoms. The fourth-order valence-corrected chi connectivity index (χ4v) is 2.73. The highest BCUT2D eigenvalue weighted by Gasteiger charge is 2.20. The highest BCUT2D eigenvalue weighted by Crippen LogP contribution is 2.33. The molecule has 2 nitrogen and oxygen atoms in total. The quantitative estimate of drug-likeness (QED) is 0.878. The van der Waals surface area contributed by atoms with Crippen LogP contribution < -0.4 is 5.32 Å². The van der Waals surface area contributed by atoms with Crippen molar-refractivity contribution in [3.05, 3.63) is 56.4 Å². The standard InChI is InChI=1S/C13H13Br2NO/c1-8-3-4-10(14)9(7-8)12(16-2)13-11(15)5-6-17-13/h3-7,12,16H,1-2H3. The summed E-state index contributed by atoms with van der Waals surface area (Å²) in [4.78, 5) is 0. The van der Waals surface area contributed by atoms with Crippen molar-refractivity contribution in [1.82, 2.24) is 5.32 Å². The third-order valence-electron chi connectivity index (χ3n) is 2.66. The van der Waals surface area contributed by atoms with E-state index in [4.69, 9.17) is 4.42 Å². The van der Waals surface area contributed by atoms with Gasteiger partial charge in [-0.1, -0.05) is 33.6 Å². The molecule has 0 fully saturated rings. The van der Waals surface area contributed by atoms with Crippen molar-refractivity contribution in [2.75, 3.05) is 7.05 Å². The van der Waals surface area contributed by atoms with Gasteiger partial charge < -0.3 is 9.73 Å². The number of aryl methyl sites for hydroxylation is 1. The van der Waals surface area contributed by atoms with Crippen LogP contribution in [0.4, 0.5) is 0 Å². The van der Waals surface area contributed by atoms with Crippen LogP contribution >= 0.6 is 31.9 Å². The van der Waals surface area contributed by atoms with Crippen LogP contribution in [0.15, 0.2) is 43.9 Å². The molecular formula is C13H13Br2NO. The summed E-state index contributed by atoms with van der Waals surface area (Å²) in [5, 5.41) is 3.28. The maximum atomic E-state index is 5.54. The van der Waals surface area contributed by atoms with E-state index in [0.717, 1.165) is 14.7 Å². The lowest BCUT2D eigenvalue weighted by molar-refractivity contribution is 0.460. The van der Waals surface area contributed by atoms with Gasteiger partial charge in [-0.2, -0.15) is 0 Å². The zero-order chi connectivity index (χ0) is 12.4. The average Bonchev–Trinajstić information content (AvgIpc) is 2.71. The molecule has 0 saturated carbocycles. The number of hydrogen-bond donors (Lipinski definition) is 1. The van der Waals surface area contributed by atoms with Crippen molar-refractivity contribution in [3.63, 3.8) is 0 Å². The van der Waals surface area contributed by atoms with Crippen molar-refractivity contribution in [3.8, 4) is 0 Å². The summed E-state index contributed by atoms with van der Waals surface area (Å²) in [6.45, 7) is 2.08. The minimum absolute atomic E-state index is 0.0358. The molecule has 90 valence electrons. The first kappa shape index (κ1) is 12.9. The molecule has 0 aliphatic rings. The molecule has 4 heteroatoms. The van der Waals surface area contributed by atoms with Gasteiger partial charge in [0.05, 0.1) is 16.8 Å². The Hall–Kier alpha value is -0.580. The van der Waals surface area contributed by atoms with Gasteiger partial charge in [0.15, 0.2) is 0 Å². The summed E-state index contributed by atoms with van der Waals surface area (Å²) in [5.74, 6) is 0.888. The molecule has 1 atom stereocenters. The van der Waals surface area contributed by atoms with Gasteiger partial charge in [-0.05, 0) is 47.6 Å². The highest BCUT2D eigenvalue weighted by molar-refractivity contribution is 9.10. The molecule has 0 amide bonds. The van der Waals surface area contributed by atoms with Crippen LogP contribution in [0.2, 0.25) is 0 Å². The third kappa shape index (κ3) is 2.64. The maximum absolute atomic E-state index is 5.54. The van der Waals surface area contributed by atoms with Gasteiger partial charge in [-0.25, -0.2) is 0 Å². The minimum atomic E-state index is 0.0358. The van der Waals surface area contributed by atoms with Crippen LogP contribution in [0.3, 0.4) is 0 Å². The SMILES string of the molecule is CNC(c1cc(C)ccc1Br)c1occc1Br. The van der Waals surface area contributed by atoms with Gasteiger partial charge in [0, 0.05) is 4.47 Å². The largest absolute Gasteiger partial charge is 0.466 e. The van der Waals surface area contributed by atoms with Crippen LogP contribution in [0.25, 0.3) is 0 Å². The second-order valence-corrected chi connectivity index (χ2v) is 5.59. The van der Waals surface area contributed by atoms with Crippen molar-refractivity contribution >= 4 is 31.9 Å². The number of furan rings is 1. The lowest BCUT2D eigenvalue weighted by Crippen LogP contribution is -2.18. The summed E-state index contributed by atoms with van der Waals surface area (Å²) in [6.07, 6.45) is 1.69. The van der Waals surface area contributed by atoms with E-state index in [0.29, 0.717) is 0 Å². The Morgan fingerprint density at radius 1 is 1.18 bits per heavy atom. The summed E-state index contributed by atoms with van der Waals surface area (Å²) in [5.41, 5.74) is 2.40. The van der Waals surface area contributed by atoms with E-state index in [1.165, 1.54) is 11.1 Å². The number of hydrogen-bond acceptors (Lipinski definition) is 2. The normalized spacial score (nSPS) is 12.7. The molecule has 2 rings (SSSR count). The topological polar surface area (TPSA) is 25.2 Å². The number of nitrogens with one attached hydrogen (secondary N) is 1. The lowest BCUT2D eigenvalue weighted by Gasteiger charge is -2.17. The summed E-state index contributed by atoms with van der Waals surface area (Å²) >= 11 is 7.08. The first-order valence-corrected chi connectivity index (χ1v) is 6.88. The molecule has 0 aliphatic carbocycles. The van der Waals surface area contributed by atoms with Crippen molar-refractivity contribution in [2.24, 2.45) is 0 Å². The fraction of sp³-hybridized carbons (Fsp3) is 0.231. The Balaban J connectivity index is 2.49. The summed E-state index contributed by atoms with van der Waals surface area (Å²) < 4.78 is 7.59. The molecule has 1 aromatic heterocycles. The van der Waals surface area contributed by atoms with Gasteiger partial charge in [0.1, 0.15) is 5.76 Å². The van der Waals surface area contributed by atoms with Crippen LogP contribution in [0.1, 0.15) is 22.9 Å². The Bertz CT molecular complexity index is 522. The lowest BCUT2D eigenvalue weighted by atomic mass is 10.0. The van der Waals surface area contributed by atoms with Crippen LogP contribution in [-0.4, -0.2) is 7.05 Å². The van der Waals surface area contributed by atoms with Crippen molar-refractivity contribution < 1.29 is 4.42 Å². The first-order valence-electron chi connectivity index (χ1n) is 5.29. The van der Waals surface area contributed by atoms with Gasteiger partial charge in [-0.15, -0.1) is 0 Å². The summed E-state index contributed by atoms with van der Waals surface area (Å²) in [7, 11) is 1.92. The van der Waals surface area contributed by atoms with E-state index < -0.39 is 0 Å². The summed E-state index contributed by atoms with van der Waals surface area (Å²) in [6, 6.07) is 8.24. The van der Waals surface area contributed by atoms with Crippen LogP contribution in [-0.2, 0) is 0 Å². The molecule has 1 heterocycles. The fourth-order valence-electron chi connectivity index (χ4n) is 1.82. The first-order chi connectivity index (χ1) is 8.13. The predicted octanol–water partition coefficient (Wildman–Crippen LogP) is 4.42. The second kappa shape index (κ2) is 5.38. The van der Waals surface area contributed by atoms with E-state index in [1.54, 1.807) is 6.26 Å². The molecule has 17 heavy (non-hydrogen) atoms. The molecule has 1 N–H and O–H groups in total. The van der Waals surface area contributed by atoms with Crippen LogP contribution in [0, 0.1) is 6.92 Å².